The largest absolute Gasteiger partial charge is 0.351 e. The lowest BCUT2D eigenvalue weighted by Crippen LogP contribution is -2.24. The number of rotatable bonds is 8. The van der Waals surface area contributed by atoms with Crippen molar-refractivity contribution < 1.29 is 0 Å². The maximum atomic E-state index is 4.70. The molecule has 0 atom stereocenters. The third kappa shape index (κ3) is 8.94. The summed E-state index contributed by atoms with van der Waals surface area (Å²) in [5, 5.41) is 7.08. The van der Waals surface area contributed by atoms with Gasteiger partial charge in [0, 0.05) is 34.3 Å². The summed E-state index contributed by atoms with van der Waals surface area (Å²) in [6, 6.07) is 41.3. The first-order valence-corrected chi connectivity index (χ1v) is 18.0. The van der Waals surface area contributed by atoms with Crippen molar-refractivity contribution in [2.24, 2.45) is 0 Å². The Morgan fingerprint density at radius 2 is 0.580 bits per heavy atom. The van der Waals surface area contributed by atoms with Crippen LogP contribution in [0.4, 0.5) is 11.9 Å². The first kappa shape index (κ1) is 33.0. The number of nitrogens with zero attached hydrogens (tertiary/aromatic N) is 6. The van der Waals surface area contributed by atoms with Gasteiger partial charge >= 0.3 is 0 Å². The molecule has 4 aromatic carbocycles. The van der Waals surface area contributed by atoms with Crippen molar-refractivity contribution in [3.05, 3.63) is 121 Å². The molecule has 2 saturated carbocycles. The molecule has 0 amide bonds. The SMILES string of the molecule is c1ccc(-c2nc(NC3CCCCC3)nc(-c3ccccc3)n2)cc1.c1ccc(-c2nc(NC3CCCCC3)nc(-c3ccccc3)n2)cc1. The Balaban J connectivity index is 0.000000157. The van der Waals surface area contributed by atoms with E-state index in [1.54, 1.807) is 0 Å². The highest BCUT2D eigenvalue weighted by Crippen LogP contribution is 2.26. The molecule has 0 bridgehead atoms. The van der Waals surface area contributed by atoms with E-state index in [4.69, 9.17) is 9.97 Å². The lowest BCUT2D eigenvalue weighted by Gasteiger charge is -2.23. The number of hydrogen-bond donors (Lipinski definition) is 2. The quantitative estimate of drug-likeness (QED) is 0.166. The number of anilines is 2. The van der Waals surface area contributed by atoms with E-state index in [0.29, 0.717) is 47.3 Å². The Morgan fingerprint density at radius 3 is 0.840 bits per heavy atom. The highest BCUT2D eigenvalue weighted by molar-refractivity contribution is 5.64. The summed E-state index contributed by atoms with van der Waals surface area (Å²) in [4.78, 5) is 28.2. The van der Waals surface area contributed by atoms with Gasteiger partial charge in [0.1, 0.15) is 0 Å². The number of hydrogen-bond acceptors (Lipinski definition) is 8. The van der Waals surface area contributed by atoms with Gasteiger partial charge in [-0.15, -0.1) is 0 Å². The normalized spacial score (nSPS) is 15.0. The fourth-order valence-corrected chi connectivity index (χ4v) is 6.61. The first-order chi connectivity index (χ1) is 24.8. The summed E-state index contributed by atoms with van der Waals surface area (Å²) < 4.78 is 0. The smallest absolute Gasteiger partial charge is 0.227 e. The van der Waals surface area contributed by atoms with Gasteiger partial charge in [-0.3, -0.25) is 0 Å². The standard InChI is InChI=1S/2C21H22N4/c2*1-4-10-16(11-5-1)19-23-20(17-12-6-2-7-13-17)25-21(24-19)22-18-14-8-3-9-15-18/h2*1-2,4-7,10-13,18H,3,8-9,14-15H2,(H,22,23,24,25). The molecule has 2 aliphatic rings. The van der Waals surface area contributed by atoms with Crippen molar-refractivity contribution in [3.8, 4) is 45.6 Å². The Hall–Kier alpha value is -5.50. The zero-order valence-electron chi connectivity index (χ0n) is 28.5. The van der Waals surface area contributed by atoms with Gasteiger partial charge in [0.15, 0.2) is 23.3 Å². The van der Waals surface area contributed by atoms with Gasteiger partial charge in [-0.2, -0.15) is 19.9 Å². The van der Waals surface area contributed by atoms with E-state index >= 15 is 0 Å². The molecule has 8 rings (SSSR count). The fraction of sp³-hybridized carbons (Fsp3) is 0.286. The molecule has 2 fully saturated rings. The maximum Gasteiger partial charge on any atom is 0.227 e. The van der Waals surface area contributed by atoms with Gasteiger partial charge in [0.2, 0.25) is 11.9 Å². The Labute approximate surface area is 295 Å². The Morgan fingerprint density at radius 1 is 0.320 bits per heavy atom. The van der Waals surface area contributed by atoms with Crippen molar-refractivity contribution in [2.45, 2.75) is 76.3 Å². The van der Waals surface area contributed by atoms with Crippen molar-refractivity contribution in [2.75, 3.05) is 10.6 Å². The minimum absolute atomic E-state index is 0.461. The molecule has 252 valence electrons. The highest BCUT2D eigenvalue weighted by Gasteiger charge is 2.18. The monoisotopic (exact) mass is 660 g/mol. The average molecular weight is 661 g/mol. The number of benzene rings is 4. The molecule has 8 heteroatoms. The van der Waals surface area contributed by atoms with Crippen LogP contribution in [0, 0.1) is 0 Å². The second-order valence-corrected chi connectivity index (χ2v) is 13.0. The van der Waals surface area contributed by atoms with Crippen LogP contribution in [0.5, 0.6) is 0 Å². The van der Waals surface area contributed by atoms with Crippen LogP contribution in [0.3, 0.4) is 0 Å². The minimum Gasteiger partial charge on any atom is -0.351 e. The van der Waals surface area contributed by atoms with Crippen molar-refractivity contribution in [1.29, 1.82) is 0 Å². The third-order valence-corrected chi connectivity index (χ3v) is 9.28. The number of nitrogens with one attached hydrogen (secondary N) is 2. The van der Waals surface area contributed by atoms with Crippen LogP contribution in [0.1, 0.15) is 64.2 Å². The van der Waals surface area contributed by atoms with Crippen molar-refractivity contribution in [3.63, 3.8) is 0 Å². The van der Waals surface area contributed by atoms with Crippen LogP contribution in [0.25, 0.3) is 45.6 Å². The molecular formula is C42H44N8. The van der Waals surface area contributed by atoms with Gasteiger partial charge in [-0.1, -0.05) is 160 Å². The molecule has 0 spiro atoms. The van der Waals surface area contributed by atoms with E-state index in [1.165, 1.54) is 64.2 Å². The van der Waals surface area contributed by atoms with Crippen LogP contribution in [0.15, 0.2) is 121 Å². The van der Waals surface area contributed by atoms with E-state index < -0.39 is 0 Å². The summed E-state index contributed by atoms with van der Waals surface area (Å²) in [5.74, 6) is 4.22. The van der Waals surface area contributed by atoms with Crippen LogP contribution < -0.4 is 10.6 Å². The average Bonchev–Trinajstić information content (AvgIpc) is 3.20. The molecule has 2 aromatic heterocycles. The lowest BCUT2D eigenvalue weighted by molar-refractivity contribution is 0.461. The molecule has 2 heterocycles. The Kier molecular flexibility index (Phi) is 11.1. The summed E-state index contributed by atoms with van der Waals surface area (Å²) in [6.07, 6.45) is 12.5. The molecule has 0 radical (unpaired) electrons. The summed E-state index contributed by atoms with van der Waals surface area (Å²) in [6.45, 7) is 0. The van der Waals surface area contributed by atoms with E-state index in [1.807, 2.05) is 121 Å². The summed E-state index contributed by atoms with van der Waals surface area (Å²) in [7, 11) is 0. The van der Waals surface area contributed by atoms with E-state index in [9.17, 15) is 0 Å². The molecule has 6 aromatic rings. The van der Waals surface area contributed by atoms with E-state index in [2.05, 4.69) is 30.6 Å². The highest BCUT2D eigenvalue weighted by atomic mass is 15.2. The Bertz CT molecular complexity index is 1650. The summed E-state index contributed by atoms with van der Waals surface area (Å²) in [5.41, 5.74) is 4.03. The molecule has 50 heavy (non-hydrogen) atoms. The van der Waals surface area contributed by atoms with Gasteiger partial charge in [0.25, 0.3) is 0 Å². The molecule has 8 nitrogen and oxygen atoms in total. The second-order valence-electron chi connectivity index (χ2n) is 13.0. The van der Waals surface area contributed by atoms with Crippen LogP contribution in [-0.4, -0.2) is 42.0 Å². The van der Waals surface area contributed by atoms with Crippen LogP contribution in [-0.2, 0) is 0 Å². The van der Waals surface area contributed by atoms with Crippen molar-refractivity contribution >= 4 is 11.9 Å². The zero-order chi connectivity index (χ0) is 33.8. The third-order valence-electron chi connectivity index (χ3n) is 9.28. The lowest BCUT2D eigenvalue weighted by atomic mass is 9.96. The molecule has 0 aliphatic heterocycles. The number of aromatic nitrogens is 6. The fourth-order valence-electron chi connectivity index (χ4n) is 6.61. The predicted molar refractivity (Wildman–Crippen MR) is 202 cm³/mol. The first-order valence-electron chi connectivity index (χ1n) is 18.0. The van der Waals surface area contributed by atoms with Crippen molar-refractivity contribution in [1.82, 2.24) is 29.9 Å². The topological polar surface area (TPSA) is 101 Å². The predicted octanol–water partition coefficient (Wildman–Crippen LogP) is 9.90. The zero-order valence-corrected chi connectivity index (χ0v) is 28.5. The summed E-state index contributed by atoms with van der Waals surface area (Å²) >= 11 is 0. The van der Waals surface area contributed by atoms with Gasteiger partial charge in [-0.05, 0) is 25.7 Å². The van der Waals surface area contributed by atoms with Gasteiger partial charge in [0.05, 0.1) is 0 Å². The molecule has 0 unspecified atom stereocenters. The molecule has 2 N–H and O–H groups in total. The van der Waals surface area contributed by atoms with Gasteiger partial charge in [-0.25, -0.2) is 9.97 Å². The minimum atomic E-state index is 0.461. The molecular weight excluding hydrogens is 617 g/mol. The van der Waals surface area contributed by atoms with E-state index in [0.717, 1.165) is 22.3 Å². The molecule has 2 aliphatic carbocycles. The maximum absolute atomic E-state index is 4.70. The van der Waals surface area contributed by atoms with Gasteiger partial charge < -0.3 is 10.6 Å². The van der Waals surface area contributed by atoms with Crippen LogP contribution >= 0.6 is 0 Å². The van der Waals surface area contributed by atoms with E-state index in [-0.39, 0.29) is 0 Å². The molecule has 0 saturated heterocycles. The second kappa shape index (κ2) is 16.7. The van der Waals surface area contributed by atoms with Crippen LogP contribution in [0.2, 0.25) is 0 Å².